The zero-order valence-electron chi connectivity index (χ0n) is 16.2. The van der Waals surface area contributed by atoms with Gasteiger partial charge in [-0.05, 0) is 31.6 Å². The molecule has 2 aromatic rings. The van der Waals surface area contributed by atoms with Gasteiger partial charge in [0, 0.05) is 32.4 Å². The molecular formula is C20H25FN6O. The van der Waals surface area contributed by atoms with E-state index in [0.29, 0.717) is 17.0 Å². The fraction of sp³-hybridized carbons (Fsp3) is 0.350. The van der Waals surface area contributed by atoms with Crippen LogP contribution in [0, 0.1) is 5.82 Å². The molecular weight excluding hydrogens is 359 g/mol. The number of aromatic amines is 1. The first kappa shape index (κ1) is 19.6. The Morgan fingerprint density at radius 1 is 1.36 bits per heavy atom. The second-order valence-electron chi connectivity index (χ2n) is 6.53. The number of amides is 1. The number of hydrogen-bond donors (Lipinski definition) is 2. The van der Waals surface area contributed by atoms with Crippen LogP contribution in [-0.4, -0.2) is 52.8 Å². The molecule has 1 aliphatic heterocycles. The summed E-state index contributed by atoms with van der Waals surface area (Å²) in [5.74, 6) is 0.320. The van der Waals surface area contributed by atoms with E-state index in [-0.39, 0.29) is 5.56 Å². The van der Waals surface area contributed by atoms with Crippen LogP contribution < -0.4 is 10.6 Å². The van der Waals surface area contributed by atoms with E-state index in [2.05, 4.69) is 31.7 Å². The molecule has 1 saturated heterocycles. The van der Waals surface area contributed by atoms with Crippen LogP contribution in [0.2, 0.25) is 0 Å². The molecule has 0 atom stereocenters. The Hall–Kier alpha value is -3.16. The van der Waals surface area contributed by atoms with Crippen LogP contribution in [0.15, 0.2) is 41.6 Å². The molecule has 3 N–H and O–H groups in total. The van der Waals surface area contributed by atoms with Crippen LogP contribution in [0.1, 0.15) is 30.6 Å². The maximum atomic E-state index is 13.7. The standard InChI is InChI=1S/C20H25FN6O/c1-3-5-7-23-17(6-4-2)26-8-10-27(11-9-26)20-24-16-13-14(21)12-15(19(22)28)18(16)25-20/h4-7,12-13H,3,8-11H2,1-2H3,(H2,22,28)(H,24,25)/b6-4-,7-5+,23-17-. The van der Waals surface area contributed by atoms with Gasteiger partial charge in [0.25, 0.3) is 5.91 Å². The number of primary amides is 1. The molecule has 0 unspecified atom stereocenters. The summed E-state index contributed by atoms with van der Waals surface area (Å²) in [6.45, 7) is 7.04. The molecule has 0 bridgehead atoms. The molecule has 7 nitrogen and oxygen atoms in total. The lowest BCUT2D eigenvalue weighted by Crippen LogP contribution is -2.48. The van der Waals surface area contributed by atoms with Crippen LogP contribution in [0.4, 0.5) is 10.3 Å². The quantitative estimate of drug-likeness (QED) is 0.613. The monoisotopic (exact) mass is 384 g/mol. The molecule has 1 fully saturated rings. The normalized spacial score (nSPS) is 16.0. The van der Waals surface area contributed by atoms with Crippen molar-refractivity contribution in [1.29, 1.82) is 0 Å². The third-order valence-electron chi connectivity index (χ3n) is 4.57. The van der Waals surface area contributed by atoms with Crippen LogP contribution in [0.5, 0.6) is 0 Å². The first-order chi connectivity index (χ1) is 13.5. The van der Waals surface area contributed by atoms with Crippen molar-refractivity contribution in [2.45, 2.75) is 20.3 Å². The maximum Gasteiger partial charge on any atom is 0.251 e. The number of H-pyrrole nitrogens is 1. The lowest BCUT2D eigenvalue weighted by molar-refractivity contribution is 0.100. The highest BCUT2D eigenvalue weighted by Crippen LogP contribution is 2.23. The molecule has 0 saturated carbocycles. The molecule has 1 aromatic heterocycles. The van der Waals surface area contributed by atoms with Gasteiger partial charge in [-0.25, -0.2) is 14.4 Å². The second kappa shape index (κ2) is 8.69. The average molecular weight is 384 g/mol. The number of fused-ring (bicyclic) bond motifs is 1. The number of nitrogens with zero attached hydrogens (tertiary/aromatic N) is 4. The number of nitrogens with two attached hydrogens (primary N) is 1. The Morgan fingerprint density at radius 2 is 2.11 bits per heavy atom. The van der Waals surface area contributed by atoms with E-state index in [9.17, 15) is 9.18 Å². The van der Waals surface area contributed by atoms with Crippen LogP contribution in [0.3, 0.4) is 0 Å². The van der Waals surface area contributed by atoms with Gasteiger partial charge in [0.2, 0.25) is 5.95 Å². The number of rotatable bonds is 5. The van der Waals surface area contributed by atoms with Crippen molar-refractivity contribution >= 4 is 28.7 Å². The predicted octanol–water partition coefficient (Wildman–Crippen LogP) is 2.82. The minimum absolute atomic E-state index is 0.0846. The fourth-order valence-corrected chi connectivity index (χ4v) is 3.17. The van der Waals surface area contributed by atoms with Gasteiger partial charge < -0.3 is 20.5 Å². The molecule has 1 aromatic carbocycles. The minimum atomic E-state index is -0.695. The van der Waals surface area contributed by atoms with E-state index in [1.807, 2.05) is 31.4 Å². The van der Waals surface area contributed by atoms with E-state index in [1.165, 1.54) is 6.07 Å². The highest BCUT2D eigenvalue weighted by molar-refractivity contribution is 6.04. The van der Waals surface area contributed by atoms with Gasteiger partial charge in [0.15, 0.2) is 0 Å². The number of aliphatic imine (C=N–C) groups is 1. The number of anilines is 1. The summed E-state index contributed by atoms with van der Waals surface area (Å²) in [6.07, 6.45) is 8.77. The first-order valence-electron chi connectivity index (χ1n) is 9.38. The number of halogens is 1. The number of carbonyl (C=O) groups excluding carboxylic acids is 1. The smallest absolute Gasteiger partial charge is 0.251 e. The number of carbonyl (C=O) groups is 1. The number of nitrogens with one attached hydrogen (secondary N) is 1. The summed E-state index contributed by atoms with van der Waals surface area (Å²) >= 11 is 0. The summed E-state index contributed by atoms with van der Waals surface area (Å²) in [5.41, 5.74) is 6.31. The van der Waals surface area contributed by atoms with Crippen molar-refractivity contribution in [3.05, 3.63) is 47.9 Å². The second-order valence-corrected chi connectivity index (χ2v) is 6.53. The topological polar surface area (TPSA) is 90.6 Å². The summed E-state index contributed by atoms with van der Waals surface area (Å²) in [4.78, 5) is 28.0. The summed E-state index contributed by atoms with van der Waals surface area (Å²) in [5, 5.41) is 0. The van der Waals surface area contributed by atoms with Crippen molar-refractivity contribution in [1.82, 2.24) is 14.9 Å². The molecule has 2 heterocycles. The largest absolute Gasteiger partial charge is 0.366 e. The van der Waals surface area contributed by atoms with Gasteiger partial charge in [-0.1, -0.05) is 19.1 Å². The van der Waals surface area contributed by atoms with Crippen molar-refractivity contribution < 1.29 is 9.18 Å². The number of hydrogen-bond acceptors (Lipinski definition) is 4. The fourth-order valence-electron chi connectivity index (χ4n) is 3.17. The highest BCUT2D eigenvalue weighted by Gasteiger charge is 2.22. The van der Waals surface area contributed by atoms with Crippen LogP contribution in [-0.2, 0) is 0 Å². The van der Waals surface area contributed by atoms with E-state index < -0.39 is 11.7 Å². The van der Waals surface area contributed by atoms with Crippen molar-refractivity contribution in [3.8, 4) is 0 Å². The van der Waals surface area contributed by atoms with Gasteiger partial charge in [-0.3, -0.25) is 4.79 Å². The lowest BCUT2D eigenvalue weighted by atomic mass is 10.1. The number of amidine groups is 1. The molecule has 3 rings (SSSR count). The Morgan fingerprint density at radius 3 is 2.75 bits per heavy atom. The SMILES string of the molecule is C\C=C/C(=N/C=C/CC)N1CCN(c2nc3c(C(N)=O)cc(F)cc3[nH]2)CC1. The summed E-state index contributed by atoms with van der Waals surface area (Å²) in [7, 11) is 0. The molecule has 0 aliphatic carbocycles. The molecule has 148 valence electrons. The molecule has 0 spiro atoms. The molecule has 0 radical (unpaired) electrons. The lowest BCUT2D eigenvalue weighted by Gasteiger charge is -2.35. The van der Waals surface area contributed by atoms with Gasteiger partial charge >= 0.3 is 0 Å². The van der Waals surface area contributed by atoms with Crippen LogP contribution >= 0.6 is 0 Å². The zero-order chi connectivity index (χ0) is 20.1. The van der Waals surface area contributed by atoms with Gasteiger partial charge in [0.05, 0.1) is 11.1 Å². The highest BCUT2D eigenvalue weighted by atomic mass is 19.1. The predicted molar refractivity (Wildman–Crippen MR) is 110 cm³/mol. The van der Waals surface area contributed by atoms with E-state index in [0.717, 1.165) is 44.5 Å². The van der Waals surface area contributed by atoms with E-state index >= 15 is 0 Å². The van der Waals surface area contributed by atoms with Gasteiger partial charge in [-0.2, -0.15) is 0 Å². The van der Waals surface area contributed by atoms with Gasteiger partial charge in [0.1, 0.15) is 17.2 Å². The molecule has 8 heteroatoms. The Bertz CT molecular complexity index is 938. The molecule has 1 aliphatic rings. The third-order valence-corrected chi connectivity index (χ3v) is 4.57. The first-order valence-corrected chi connectivity index (χ1v) is 9.38. The Balaban J connectivity index is 1.78. The zero-order valence-corrected chi connectivity index (χ0v) is 16.2. The van der Waals surface area contributed by atoms with Crippen molar-refractivity contribution in [2.75, 3.05) is 31.1 Å². The summed E-state index contributed by atoms with van der Waals surface area (Å²) in [6, 6.07) is 2.45. The number of benzene rings is 1. The third kappa shape index (κ3) is 4.21. The van der Waals surface area contributed by atoms with Crippen LogP contribution in [0.25, 0.3) is 11.0 Å². The summed E-state index contributed by atoms with van der Waals surface area (Å²) < 4.78 is 13.7. The minimum Gasteiger partial charge on any atom is -0.366 e. The Labute approximate surface area is 163 Å². The van der Waals surface area contributed by atoms with E-state index in [1.54, 1.807) is 0 Å². The number of aromatic nitrogens is 2. The number of imidazole rings is 1. The molecule has 1 amide bonds. The van der Waals surface area contributed by atoms with E-state index in [4.69, 9.17) is 5.73 Å². The van der Waals surface area contributed by atoms with Crippen molar-refractivity contribution in [2.24, 2.45) is 10.7 Å². The van der Waals surface area contributed by atoms with Gasteiger partial charge in [-0.15, -0.1) is 0 Å². The Kier molecular flexibility index (Phi) is 6.08. The number of allylic oxidation sites excluding steroid dienone is 2. The van der Waals surface area contributed by atoms with Crippen molar-refractivity contribution in [3.63, 3.8) is 0 Å². The maximum absolute atomic E-state index is 13.7. The average Bonchev–Trinajstić information content (AvgIpc) is 3.10. The molecule has 28 heavy (non-hydrogen) atoms. The number of piperazine rings is 1.